The summed E-state index contributed by atoms with van der Waals surface area (Å²) < 4.78 is 2.22. The predicted octanol–water partition coefficient (Wildman–Crippen LogP) is 2.52. The molecule has 0 unspecified atom stereocenters. The summed E-state index contributed by atoms with van der Waals surface area (Å²) in [6.07, 6.45) is 9.46. The van der Waals surface area contributed by atoms with Crippen molar-refractivity contribution >= 4 is 21.8 Å². The van der Waals surface area contributed by atoms with Gasteiger partial charge in [0.15, 0.2) is 8.24 Å². The van der Waals surface area contributed by atoms with Crippen molar-refractivity contribution in [3.63, 3.8) is 0 Å². The van der Waals surface area contributed by atoms with Crippen LogP contribution in [-0.2, 0) is 0 Å². The van der Waals surface area contributed by atoms with Gasteiger partial charge in [0.05, 0.1) is 11.8 Å². The van der Waals surface area contributed by atoms with E-state index in [1.165, 1.54) is 5.45 Å². The highest BCUT2D eigenvalue weighted by molar-refractivity contribution is 6.87. The molecular weight excluding hydrogens is 256 g/mol. The summed E-state index contributed by atoms with van der Waals surface area (Å²) >= 11 is 0. The van der Waals surface area contributed by atoms with Crippen LogP contribution in [0.25, 0.3) is 0 Å². The summed E-state index contributed by atoms with van der Waals surface area (Å²) in [5.41, 5.74) is 1.18. The van der Waals surface area contributed by atoms with E-state index in [-0.39, 0.29) is 0 Å². The maximum atomic E-state index is 4.19. The Bertz CT molecular complexity index is 391. The van der Waals surface area contributed by atoms with E-state index in [1.54, 1.807) is 0 Å². The number of aromatic nitrogens is 4. The number of nitrogens with zero attached hydrogens (tertiary/aromatic N) is 3. The Morgan fingerprint density at radius 3 is 1.94 bits per heavy atom. The van der Waals surface area contributed by atoms with Crippen LogP contribution < -0.4 is 5.45 Å². The second-order valence-electron chi connectivity index (χ2n) is 6.33. The maximum Gasteiger partial charge on any atom is 0.154 e. The zero-order valence-electron chi connectivity index (χ0n) is 12.2. The first-order chi connectivity index (χ1) is 8.21. The topological polar surface area (TPSA) is 46.5 Å². The van der Waals surface area contributed by atoms with Crippen molar-refractivity contribution in [3.05, 3.63) is 31.1 Å². The maximum absolute atomic E-state index is 4.19. The number of hydrogen-bond acceptors (Lipinski definition) is 2. The highest BCUT2D eigenvalue weighted by Crippen LogP contribution is 2.03. The molecule has 2 heterocycles. The predicted molar refractivity (Wildman–Crippen MR) is 82.5 cm³/mol. The first kappa shape index (κ1) is 14.9. The molecule has 0 saturated heterocycles. The normalized spacial score (nSPS) is 11.9. The van der Waals surface area contributed by atoms with Crippen molar-refractivity contribution in [2.45, 2.75) is 39.3 Å². The van der Waals surface area contributed by atoms with Crippen LogP contribution in [0.15, 0.2) is 31.1 Å². The van der Waals surface area contributed by atoms with Gasteiger partial charge in [-0.2, -0.15) is 0 Å². The van der Waals surface area contributed by atoms with Gasteiger partial charge >= 0.3 is 0 Å². The summed E-state index contributed by atoms with van der Waals surface area (Å²) in [6, 6.07) is 0. The quantitative estimate of drug-likeness (QED) is 0.859. The summed E-state index contributed by atoms with van der Waals surface area (Å²) in [6.45, 7) is 13.7. The molecule has 6 heteroatoms. The van der Waals surface area contributed by atoms with E-state index in [0.717, 1.165) is 0 Å². The fourth-order valence-electron chi connectivity index (χ4n) is 1.33. The summed E-state index contributed by atoms with van der Waals surface area (Å²) in [4.78, 5) is 11.3. The summed E-state index contributed by atoms with van der Waals surface area (Å²) in [7, 11) is -2.27. The number of imidazole rings is 2. The second kappa shape index (κ2) is 5.66. The Kier molecular flexibility index (Phi) is 4.69. The first-order valence-electron chi connectivity index (χ1n) is 6.19. The van der Waals surface area contributed by atoms with Crippen LogP contribution in [0.2, 0.25) is 39.3 Å². The molecule has 18 heavy (non-hydrogen) atoms. The minimum absolute atomic E-state index is 1.13. The van der Waals surface area contributed by atoms with Gasteiger partial charge in [-0.1, -0.05) is 39.3 Å². The van der Waals surface area contributed by atoms with Gasteiger partial charge in [0, 0.05) is 24.8 Å². The Labute approximate surface area is 112 Å². The average Bonchev–Trinajstić information content (AvgIpc) is 2.91. The lowest BCUT2D eigenvalue weighted by atomic mass is 11.0. The molecule has 0 spiro atoms. The molecule has 0 aliphatic heterocycles. The van der Waals surface area contributed by atoms with E-state index in [9.17, 15) is 0 Å². The first-order valence-corrected chi connectivity index (χ1v) is 13.1. The van der Waals surface area contributed by atoms with Gasteiger partial charge in [-0.25, -0.2) is 9.97 Å². The summed E-state index contributed by atoms with van der Waals surface area (Å²) in [5.74, 6) is 0. The Morgan fingerprint density at radius 1 is 1.06 bits per heavy atom. The number of nitrogens with one attached hydrogen (secondary N) is 1. The van der Waals surface area contributed by atoms with E-state index in [4.69, 9.17) is 0 Å². The van der Waals surface area contributed by atoms with Gasteiger partial charge in [-0.15, -0.1) is 0 Å². The number of rotatable bonds is 2. The van der Waals surface area contributed by atoms with E-state index in [2.05, 4.69) is 58.5 Å². The SMILES string of the molecule is C[Si](C)(C)c1ncc[nH]1.C[Si](C)(C)n1ccnc1. The fraction of sp³-hybridized carbons (Fsp3) is 0.500. The fourth-order valence-corrected chi connectivity index (χ4v) is 3.24. The molecule has 4 nitrogen and oxygen atoms in total. The Hall–Kier alpha value is -1.15. The van der Waals surface area contributed by atoms with Crippen molar-refractivity contribution < 1.29 is 0 Å². The summed E-state index contributed by atoms with van der Waals surface area (Å²) in [5, 5.41) is 0. The molecule has 100 valence electrons. The highest BCUT2D eigenvalue weighted by Gasteiger charge is 2.18. The third-order valence-electron chi connectivity index (χ3n) is 2.49. The minimum atomic E-state index is -1.15. The molecule has 0 radical (unpaired) electrons. The lowest BCUT2D eigenvalue weighted by molar-refractivity contribution is 1.12. The number of H-pyrrole nitrogens is 1. The molecule has 0 aliphatic rings. The molecule has 2 rings (SSSR count). The van der Waals surface area contributed by atoms with Crippen LogP contribution in [0.5, 0.6) is 0 Å². The third-order valence-corrected chi connectivity index (χ3v) is 6.00. The van der Waals surface area contributed by atoms with Gasteiger partial charge in [0.1, 0.15) is 8.07 Å². The molecule has 0 saturated carbocycles. The Morgan fingerprint density at radius 2 is 1.72 bits per heavy atom. The zero-order chi connectivity index (χ0) is 13.8. The number of aromatic amines is 1. The lowest BCUT2D eigenvalue weighted by Crippen LogP contribution is -2.40. The molecule has 0 aromatic carbocycles. The van der Waals surface area contributed by atoms with Crippen molar-refractivity contribution in [2.75, 3.05) is 0 Å². The second-order valence-corrected chi connectivity index (χ2v) is 16.2. The van der Waals surface area contributed by atoms with Gasteiger partial charge in [-0.3, -0.25) is 0 Å². The van der Waals surface area contributed by atoms with Crippen molar-refractivity contribution in [1.29, 1.82) is 0 Å². The smallest absolute Gasteiger partial charge is 0.154 e. The standard InChI is InChI=1S/2C6H12N2Si/c1-9(2,3)8-5-4-7-6-8;1-9(2,3)6-7-4-5-8-6/h4-6H,1-3H3;4-5H,1-3H3,(H,7,8). The average molecular weight is 281 g/mol. The van der Waals surface area contributed by atoms with Crippen LogP contribution >= 0.6 is 0 Å². The number of hydrogen-bond donors (Lipinski definition) is 1. The van der Waals surface area contributed by atoms with Gasteiger partial charge in [0.2, 0.25) is 0 Å². The van der Waals surface area contributed by atoms with Gasteiger partial charge < -0.3 is 9.22 Å². The molecule has 1 N–H and O–H groups in total. The van der Waals surface area contributed by atoms with Crippen LogP contribution in [-0.4, -0.2) is 35.5 Å². The molecule has 0 aliphatic carbocycles. The van der Waals surface area contributed by atoms with Crippen molar-refractivity contribution in [3.8, 4) is 0 Å². The van der Waals surface area contributed by atoms with Crippen LogP contribution in [0.3, 0.4) is 0 Å². The minimum Gasteiger partial charge on any atom is -0.365 e. The third kappa shape index (κ3) is 4.62. The molecule has 0 fully saturated rings. The molecule has 2 aromatic heterocycles. The monoisotopic (exact) mass is 280 g/mol. The highest BCUT2D eigenvalue weighted by atomic mass is 28.3. The van der Waals surface area contributed by atoms with E-state index >= 15 is 0 Å². The van der Waals surface area contributed by atoms with E-state index in [0.29, 0.717) is 0 Å². The zero-order valence-corrected chi connectivity index (χ0v) is 14.2. The molecule has 0 amide bonds. The molecular formula is C12H24N4Si2. The molecule has 0 bridgehead atoms. The van der Waals surface area contributed by atoms with Crippen LogP contribution in [0.1, 0.15) is 0 Å². The lowest BCUT2D eigenvalue weighted by Gasteiger charge is -2.16. The van der Waals surface area contributed by atoms with Crippen molar-refractivity contribution in [2.24, 2.45) is 0 Å². The molecule has 0 atom stereocenters. The Balaban J connectivity index is 0.000000180. The van der Waals surface area contributed by atoms with E-state index in [1.807, 2.05) is 31.1 Å². The largest absolute Gasteiger partial charge is 0.365 e. The molecule has 2 aromatic rings. The van der Waals surface area contributed by atoms with E-state index < -0.39 is 16.3 Å². The van der Waals surface area contributed by atoms with Crippen LogP contribution in [0, 0.1) is 0 Å². The van der Waals surface area contributed by atoms with Crippen LogP contribution in [0.4, 0.5) is 0 Å². The van der Waals surface area contributed by atoms with Gasteiger partial charge in [0.25, 0.3) is 0 Å². The van der Waals surface area contributed by atoms with Gasteiger partial charge in [-0.05, 0) is 0 Å². The van der Waals surface area contributed by atoms with Crippen molar-refractivity contribution in [1.82, 2.24) is 19.2 Å².